The molecule has 0 radical (unpaired) electrons. The highest BCUT2D eigenvalue weighted by Crippen LogP contribution is 2.27. The number of ether oxygens (including phenoxy) is 3. The van der Waals surface area contributed by atoms with Gasteiger partial charge in [0, 0.05) is 4.47 Å². The van der Waals surface area contributed by atoms with Gasteiger partial charge in [-0.25, -0.2) is 9.59 Å². The summed E-state index contributed by atoms with van der Waals surface area (Å²) in [6.45, 7) is -0.0188. The third-order valence-electron chi connectivity index (χ3n) is 4.23. The van der Waals surface area contributed by atoms with E-state index in [-0.39, 0.29) is 12.4 Å². The molecule has 7 heteroatoms. The number of carbonyl (C=O) groups is 2. The maximum atomic E-state index is 12.3. The number of esters is 2. The topological polar surface area (TPSA) is 61.8 Å². The first kappa shape index (κ1) is 22.8. The summed E-state index contributed by atoms with van der Waals surface area (Å²) in [5.74, 6) is -0.486. The van der Waals surface area contributed by atoms with Gasteiger partial charge in [-0.3, -0.25) is 0 Å². The first-order valence-electron chi connectivity index (χ1n) is 9.61. The molecule has 0 heterocycles. The molecule has 0 unspecified atom stereocenters. The average Bonchev–Trinajstić information content (AvgIpc) is 2.77. The lowest BCUT2D eigenvalue weighted by Gasteiger charge is -2.09. The Kier molecular flexibility index (Phi) is 8.50. The Hall–Kier alpha value is -2.83. The highest BCUT2D eigenvalue weighted by Gasteiger charge is 2.12. The second kappa shape index (κ2) is 11.5. The summed E-state index contributed by atoms with van der Waals surface area (Å²) in [5, 5.41) is 0.374. The lowest BCUT2D eigenvalue weighted by Crippen LogP contribution is -2.18. The first-order valence-corrected chi connectivity index (χ1v) is 10.8. The van der Waals surface area contributed by atoms with E-state index in [1.165, 1.54) is 11.6 Å². The number of hydrogen-bond donors (Lipinski definition) is 0. The Morgan fingerprint density at radius 2 is 1.74 bits per heavy atom. The molecule has 5 nitrogen and oxygen atoms in total. The molecule has 0 saturated carbocycles. The van der Waals surface area contributed by atoms with Crippen molar-refractivity contribution in [1.82, 2.24) is 0 Å². The van der Waals surface area contributed by atoms with Crippen molar-refractivity contribution in [3.05, 3.63) is 93.4 Å². The number of benzene rings is 3. The fraction of sp³-hybridized carbons (Fsp3) is 0.167. The van der Waals surface area contributed by atoms with Crippen LogP contribution in [0.2, 0.25) is 5.02 Å². The number of rotatable bonds is 9. The van der Waals surface area contributed by atoms with Crippen LogP contribution in [-0.4, -0.2) is 25.2 Å². The highest BCUT2D eigenvalue weighted by molar-refractivity contribution is 9.10. The minimum absolute atomic E-state index is 0.231. The molecule has 0 bridgehead atoms. The fourth-order valence-electron chi connectivity index (χ4n) is 2.75. The van der Waals surface area contributed by atoms with Crippen LogP contribution in [0.1, 0.15) is 22.3 Å². The van der Waals surface area contributed by atoms with E-state index in [1.807, 2.05) is 30.3 Å². The summed E-state index contributed by atoms with van der Waals surface area (Å²) in [5.41, 5.74) is 1.50. The maximum absolute atomic E-state index is 12.3. The van der Waals surface area contributed by atoms with E-state index in [4.69, 9.17) is 25.8 Å². The summed E-state index contributed by atoms with van der Waals surface area (Å²) in [7, 11) is 0. The van der Waals surface area contributed by atoms with E-state index in [1.54, 1.807) is 36.4 Å². The Balaban J connectivity index is 1.46. The zero-order chi connectivity index (χ0) is 22.1. The second-order valence-corrected chi connectivity index (χ2v) is 7.91. The van der Waals surface area contributed by atoms with Gasteiger partial charge in [-0.1, -0.05) is 63.9 Å². The molecule has 0 aliphatic heterocycles. The van der Waals surface area contributed by atoms with Crippen LogP contribution in [0.4, 0.5) is 0 Å². The summed E-state index contributed by atoms with van der Waals surface area (Å²) in [6, 6.07) is 21.3. The van der Waals surface area contributed by atoms with E-state index < -0.39 is 11.9 Å². The van der Waals surface area contributed by atoms with Crippen LogP contribution >= 0.6 is 27.5 Å². The van der Waals surface area contributed by atoms with Gasteiger partial charge in [0.05, 0.1) is 17.2 Å². The van der Waals surface area contributed by atoms with E-state index in [0.29, 0.717) is 22.9 Å². The maximum Gasteiger partial charge on any atom is 0.349 e. The van der Waals surface area contributed by atoms with Gasteiger partial charge < -0.3 is 14.2 Å². The number of hydrogen-bond acceptors (Lipinski definition) is 5. The molecule has 0 spiro atoms. The van der Waals surface area contributed by atoms with Crippen LogP contribution in [0.15, 0.2) is 77.3 Å². The van der Waals surface area contributed by atoms with Crippen LogP contribution in [0.5, 0.6) is 11.5 Å². The van der Waals surface area contributed by atoms with Gasteiger partial charge >= 0.3 is 11.9 Å². The molecule has 0 aromatic heterocycles. The molecule has 160 valence electrons. The molecule has 0 aliphatic rings. The number of carbonyl (C=O) groups excluding carboxylic acids is 2. The predicted molar refractivity (Wildman–Crippen MR) is 122 cm³/mol. The lowest BCUT2D eigenvalue weighted by molar-refractivity contribution is -0.136. The SMILES string of the molecule is O=C(COc1ccc(Br)cc1Cl)Oc1cccc(C(=O)OCCCc2ccccc2)c1. The van der Waals surface area contributed by atoms with E-state index >= 15 is 0 Å². The van der Waals surface area contributed by atoms with E-state index in [2.05, 4.69) is 15.9 Å². The molecule has 31 heavy (non-hydrogen) atoms. The van der Waals surface area contributed by atoms with Crippen molar-refractivity contribution in [2.45, 2.75) is 12.8 Å². The lowest BCUT2D eigenvalue weighted by atomic mass is 10.1. The Morgan fingerprint density at radius 1 is 0.935 bits per heavy atom. The van der Waals surface area contributed by atoms with Gasteiger partial charge in [0.25, 0.3) is 0 Å². The molecule has 0 amide bonds. The molecule has 0 aliphatic carbocycles. The van der Waals surface area contributed by atoms with Gasteiger partial charge in [-0.15, -0.1) is 0 Å². The number of aryl methyl sites for hydroxylation is 1. The Morgan fingerprint density at radius 3 is 2.52 bits per heavy atom. The fourth-order valence-corrected chi connectivity index (χ4v) is 3.47. The van der Waals surface area contributed by atoms with Crippen molar-refractivity contribution in [2.75, 3.05) is 13.2 Å². The van der Waals surface area contributed by atoms with Crippen molar-refractivity contribution in [3.8, 4) is 11.5 Å². The van der Waals surface area contributed by atoms with Crippen molar-refractivity contribution in [2.24, 2.45) is 0 Å². The molecule has 0 saturated heterocycles. The van der Waals surface area contributed by atoms with Gasteiger partial charge in [-0.2, -0.15) is 0 Å². The molecular weight excluding hydrogens is 484 g/mol. The molecular formula is C24H20BrClO5. The van der Waals surface area contributed by atoms with Crippen LogP contribution in [-0.2, 0) is 16.0 Å². The molecule has 0 N–H and O–H groups in total. The first-order chi connectivity index (χ1) is 15.0. The van der Waals surface area contributed by atoms with Crippen molar-refractivity contribution >= 4 is 39.5 Å². The van der Waals surface area contributed by atoms with Crippen molar-refractivity contribution in [3.63, 3.8) is 0 Å². The molecule has 3 rings (SSSR count). The minimum Gasteiger partial charge on any atom is -0.480 e. The standard InChI is InChI=1S/C24H20BrClO5/c25-19-11-12-22(21(26)15-19)30-16-23(27)31-20-10-4-9-18(14-20)24(28)29-13-5-8-17-6-2-1-3-7-17/h1-4,6-7,9-12,14-15H,5,8,13,16H2. The van der Waals surface area contributed by atoms with Crippen LogP contribution in [0.25, 0.3) is 0 Å². The Bertz CT molecular complexity index is 1040. The van der Waals surface area contributed by atoms with Crippen molar-refractivity contribution in [1.29, 1.82) is 0 Å². The van der Waals surface area contributed by atoms with E-state index in [0.717, 1.165) is 17.3 Å². The van der Waals surface area contributed by atoms with Crippen LogP contribution < -0.4 is 9.47 Å². The third kappa shape index (κ3) is 7.42. The monoisotopic (exact) mass is 502 g/mol. The van der Waals surface area contributed by atoms with Gasteiger partial charge in [0.15, 0.2) is 6.61 Å². The number of halogens is 2. The summed E-state index contributed by atoms with van der Waals surface area (Å²) < 4.78 is 16.8. The summed E-state index contributed by atoms with van der Waals surface area (Å²) in [4.78, 5) is 24.3. The van der Waals surface area contributed by atoms with Gasteiger partial charge in [-0.05, 0) is 54.8 Å². The molecule has 3 aromatic carbocycles. The molecule has 0 fully saturated rings. The zero-order valence-corrected chi connectivity index (χ0v) is 18.9. The quantitative estimate of drug-likeness (QED) is 0.207. The Labute approximate surface area is 194 Å². The predicted octanol–water partition coefficient (Wildman–Crippen LogP) is 5.88. The average molecular weight is 504 g/mol. The summed E-state index contributed by atoms with van der Waals surface area (Å²) in [6.07, 6.45) is 1.55. The van der Waals surface area contributed by atoms with Crippen LogP contribution in [0.3, 0.4) is 0 Å². The normalized spacial score (nSPS) is 10.4. The second-order valence-electron chi connectivity index (χ2n) is 6.59. The zero-order valence-electron chi connectivity index (χ0n) is 16.6. The van der Waals surface area contributed by atoms with Gasteiger partial charge in [0.1, 0.15) is 11.5 Å². The van der Waals surface area contributed by atoms with Crippen LogP contribution in [0, 0.1) is 0 Å². The van der Waals surface area contributed by atoms with Crippen molar-refractivity contribution < 1.29 is 23.8 Å². The molecule has 3 aromatic rings. The highest BCUT2D eigenvalue weighted by atomic mass is 79.9. The van der Waals surface area contributed by atoms with Gasteiger partial charge in [0.2, 0.25) is 0 Å². The largest absolute Gasteiger partial charge is 0.480 e. The smallest absolute Gasteiger partial charge is 0.349 e. The minimum atomic E-state index is -0.618. The van der Waals surface area contributed by atoms with E-state index in [9.17, 15) is 9.59 Å². The summed E-state index contributed by atoms with van der Waals surface area (Å²) >= 11 is 9.36. The third-order valence-corrected chi connectivity index (χ3v) is 5.02. The molecule has 0 atom stereocenters.